The Morgan fingerprint density at radius 2 is 2.06 bits per heavy atom. The van der Waals surface area contributed by atoms with E-state index in [1.165, 1.54) is 18.2 Å². The van der Waals surface area contributed by atoms with Gasteiger partial charge in [-0.25, -0.2) is 4.39 Å². The Morgan fingerprint density at radius 1 is 1.44 bits per heavy atom. The summed E-state index contributed by atoms with van der Waals surface area (Å²) in [7, 11) is 0. The molecule has 18 heavy (non-hydrogen) atoms. The summed E-state index contributed by atoms with van der Waals surface area (Å²) in [5.41, 5.74) is -0.464. The van der Waals surface area contributed by atoms with Gasteiger partial charge in [0.15, 0.2) is 0 Å². The lowest BCUT2D eigenvalue weighted by atomic mass is 9.95. The Hall–Kier alpha value is -0.610. The van der Waals surface area contributed by atoms with E-state index >= 15 is 0 Å². The maximum atomic E-state index is 13.6. The number of nitrogens with one attached hydrogen (secondary N) is 1. The molecule has 5 heteroatoms. The number of carbonyl (C=O) groups is 1. The molecule has 2 nitrogen and oxygen atoms in total. The van der Waals surface area contributed by atoms with Crippen molar-refractivity contribution in [3.05, 3.63) is 34.6 Å². The molecule has 0 unspecified atom stereocenters. The van der Waals surface area contributed by atoms with Crippen LogP contribution in [0.25, 0.3) is 0 Å². The van der Waals surface area contributed by atoms with Crippen LogP contribution in [0.4, 0.5) is 4.39 Å². The van der Waals surface area contributed by atoms with Crippen LogP contribution >= 0.6 is 27.5 Å². The third kappa shape index (κ3) is 3.23. The first-order valence-corrected chi connectivity index (χ1v) is 7.32. The number of benzene rings is 1. The highest BCUT2D eigenvalue weighted by Crippen LogP contribution is 2.23. The second-order valence-electron chi connectivity index (χ2n) is 4.17. The highest BCUT2D eigenvalue weighted by Gasteiger charge is 2.29. The van der Waals surface area contributed by atoms with Gasteiger partial charge in [0, 0.05) is 10.9 Å². The van der Waals surface area contributed by atoms with Gasteiger partial charge in [0.1, 0.15) is 5.82 Å². The van der Waals surface area contributed by atoms with Crippen molar-refractivity contribution in [1.29, 1.82) is 0 Å². The van der Waals surface area contributed by atoms with Gasteiger partial charge in [-0.15, -0.1) is 0 Å². The lowest BCUT2D eigenvalue weighted by Gasteiger charge is -2.31. The summed E-state index contributed by atoms with van der Waals surface area (Å²) in [5.74, 6) is -1.07. The standard InChI is InChI=1S/C13H16BrClFNO/c1-3-13(4-2,8-14)17-12(18)11-9(15)6-5-7-10(11)16/h5-7H,3-4,8H2,1-2H3,(H,17,18). The fourth-order valence-corrected chi connectivity index (χ4v) is 2.85. The van der Waals surface area contributed by atoms with E-state index in [0.717, 1.165) is 12.8 Å². The summed E-state index contributed by atoms with van der Waals surface area (Å²) in [6, 6.07) is 4.22. The molecule has 0 radical (unpaired) electrons. The van der Waals surface area contributed by atoms with Crippen molar-refractivity contribution in [3.63, 3.8) is 0 Å². The number of hydrogen-bond acceptors (Lipinski definition) is 1. The van der Waals surface area contributed by atoms with Crippen molar-refractivity contribution in [3.8, 4) is 0 Å². The topological polar surface area (TPSA) is 29.1 Å². The van der Waals surface area contributed by atoms with Crippen molar-refractivity contribution >= 4 is 33.4 Å². The van der Waals surface area contributed by atoms with E-state index in [-0.39, 0.29) is 16.1 Å². The molecule has 100 valence electrons. The van der Waals surface area contributed by atoms with Crippen LogP contribution in [0.3, 0.4) is 0 Å². The van der Waals surface area contributed by atoms with Gasteiger partial charge in [-0.3, -0.25) is 4.79 Å². The van der Waals surface area contributed by atoms with Gasteiger partial charge >= 0.3 is 0 Å². The average Bonchev–Trinajstić information content (AvgIpc) is 2.36. The molecule has 1 rings (SSSR count). The van der Waals surface area contributed by atoms with E-state index in [1.807, 2.05) is 13.8 Å². The number of carbonyl (C=O) groups excluding carboxylic acids is 1. The maximum Gasteiger partial charge on any atom is 0.256 e. The summed E-state index contributed by atoms with van der Waals surface area (Å²) >= 11 is 9.26. The smallest absolute Gasteiger partial charge is 0.256 e. The van der Waals surface area contributed by atoms with Crippen LogP contribution in [-0.2, 0) is 0 Å². The van der Waals surface area contributed by atoms with Gasteiger partial charge in [0.05, 0.1) is 10.6 Å². The zero-order valence-electron chi connectivity index (χ0n) is 10.4. The Balaban J connectivity index is 3.02. The normalized spacial score (nSPS) is 11.4. The summed E-state index contributed by atoms with van der Waals surface area (Å²) in [6.45, 7) is 3.96. The molecule has 0 aliphatic rings. The van der Waals surface area contributed by atoms with Gasteiger partial charge in [-0.2, -0.15) is 0 Å². The quantitative estimate of drug-likeness (QED) is 0.804. The van der Waals surface area contributed by atoms with E-state index in [2.05, 4.69) is 21.2 Å². The Morgan fingerprint density at radius 3 is 2.50 bits per heavy atom. The van der Waals surface area contributed by atoms with Crippen LogP contribution in [0.1, 0.15) is 37.0 Å². The first-order valence-electron chi connectivity index (χ1n) is 5.82. The zero-order valence-corrected chi connectivity index (χ0v) is 12.7. The fraction of sp³-hybridized carbons (Fsp3) is 0.462. The SMILES string of the molecule is CCC(CC)(CBr)NC(=O)c1c(F)cccc1Cl. The predicted octanol–water partition coefficient (Wildman–Crippen LogP) is 4.16. The van der Waals surface area contributed by atoms with Crippen LogP contribution in [0.2, 0.25) is 5.02 Å². The molecule has 0 atom stereocenters. The van der Waals surface area contributed by atoms with Crippen molar-refractivity contribution < 1.29 is 9.18 Å². The molecule has 0 spiro atoms. The summed E-state index contributed by atoms with van der Waals surface area (Å²) in [5, 5.41) is 3.61. The van der Waals surface area contributed by atoms with Gasteiger partial charge < -0.3 is 5.32 Å². The minimum Gasteiger partial charge on any atom is -0.346 e. The Labute approximate surface area is 120 Å². The third-order valence-corrected chi connectivity index (χ3v) is 4.57. The molecule has 0 aliphatic carbocycles. The van der Waals surface area contributed by atoms with Crippen molar-refractivity contribution in [2.45, 2.75) is 32.2 Å². The van der Waals surface area contributed by atoms with Crippen LogP contribution in [-0.4, -0.2) is 16.8 Å². The molecule has 1 N–H and O–H groups in total. The number of rotatable bonds is 5. The molecule has 0 saturated carbocycles. The van der Waals surface area contributed by atoms with E-state index < -0.39 is 11.7 Å². The Bertz CT molecular complexity index is 406. The average molecular weight is 337 g/mol. The minimum atomic E-state index is -0.601. The Kier molecular flexibility index (Phi) is 5.60. The first kappa shape index (κ1) is 15.4. The van der Waals surface area contributed by atoms with Gasteiger partial charge in [0.2, 0.25) is 0 Å². The van der Waals surface area contributed by atoms with Gasteiger partial charge in [-0.05, 0) is 25.0 Å². The summed E-state index contributed by atoms with van der Waals surface area (Å²) in [4.78, 5) is 12.1. The zero-order chi connectivity index (χ0) is 13.8. The molecule has 1 amide bonds. The third-order valence-electron chi connectivity index (χ3n) is 3.18. The molecule has 1 aromatic carbocycles. The molecule has 0 aliphatic heterocycles. The second kappa shape index (κ2) is 6.53. The monoisotopic (exact) mass is 335 g/mol. The summed E-state index contributed by atoms with van der Waals surface area (Å²) in [6.07, 6.45) is 1.51. The van der Waals surface area contributed by atoms with Crippen molar-refractivity contribution in [1.82, 2.24) is 5.32 Å². The van der Waals surface area contributed by atoms with Crippen LogP contribution in [0, 0.1) is 5.82 Å². The lowest BCUT2D eigenvalue weighted by Crippen LogP contribution is -2.49. The minimum absolute atomic E-state index is 0.0913. The number of amides is 1. The van der Waals surface area contributed by atoms with Gasteiger partial charge in [-0.1, -0.05) is 47.4 Å². The number of hydrogen-bond donors (Lipinski definition) is 1. The molecular weight excluding hydrogens is 321 g/mol. The van der Waals surface area contributed by atoms with E-state index in [0.29, 0.717) is 5.33 Å². The van der Waals surface area contributed by atoms with Crippen molar-refractivity contribution in [2.24, 2.45) is 0 Å². The van der Waals surface area contributed by atoms with Crippen LogP contribution in [0.15, 0.2) is 18.2 Å². The van der Waals surface area contributed by atoms with Crippen LogP contribution in [0.5, 0.6) is 0 Å². The molecule has 0 bridgehead atoms. The predicted molar refractivity (Wildman–Crippen MR) is 76.0 cm³/mol. The van der Waals surface area contributed by atoms with E-state index in [1.54, 1.807) is 0 Å². The largest absolute Gasteiger partial charge is 0.346 e. The molecule has 0 saturated heterocycles. The fourth-order valence-electron chi connectivity index (χ4n) is 1.67. The van der Waals surface area contributed by atoms with E-state index in [9.17, 15) is 9.18 Å². The molecule has 0 heterocycles. The molecule has 1 aromatic rings. The molecule has 0 fully saturated rings. The van der Waals surface area contributed by atoms with Gasteiger partial charge in [0.25, 0.3) is 5.91 Å². The molecule has 0 aromatic heterocycles. The first-order chi connectivity index (χ1) is 8.49. The van der Waals surface area contributed by atoms with Crippen LogP contribution < -0.4 is 5.32 Å². The highest BCUT2D eigenvalue weighted by atomic mass is 79.9. The molecular formula is C13H16BrClFNO. The van der Waals surface area contributed by atoms with E-state index in [4.69, 9.17) is 11.6 Å². The number of halogens is 3. The maximum absolute atomic E-state index is 13.6. The number of alkyl halides is 1. The lowest BCUT2D eigenvalue weighted by molar-refractivity contribution is 0.0899. The highest BCUT2D eigenvalue weighted by molar-refractivity contribution is 9.09. The second-order valence-corrected chi connectivity index (χ2v) is 5.14. The summed E-state index contributed by atoms with van der Waals surface area (Å²) < 4.78 is 13.6. The van der Waals surface area contributed by atoms with Crippen molar-refractivity contribution in [2.75, 3.05) is 5.33 Å².